The summed E-state index contributed by atoms with van der Waals surface area (Å²) in [5.74, 6) is 0.133. The molecule has 0 aromatic heterocycles. The highest BCUT2D eigenvalue weighted by Crippen LogP contribution is 2.31. The average molecular weight is 465 g/mol. The number of aliphatic imine (C=N–C) groups is 1. The van der Waals surface area contributed by atoms with Gasteiger partial charge in [-0.3, -0.25) is 9.79 Å². The molecular formula is C28H33ClN2O2. The Morgan fingerprint density at radius 2 is 1.91 bits per heavy atom. The molecule has 0 fully saturated rings. The maximum atomic E-state index is 13.2. The summed E-state index contributed by atoms with van der Waals surface area (Å²) in [7, 11) is 1.78. The monoisotopic (exact) mass is 464 g/mol. The number of hydrogen-bond acceptors (Lipinski definition) is 3. The number of likely N-dealkylation sites (N-methyl/N-ethyl adjacent to an activating group) is 1. The number of halogens is 1. The van der Waals surface area contributed by atoms with Crippen LogP contribution in [0.2, 0.25) is 5.02 Å². The van der Waals surface area contributed by atoms with Gasteiger partial charge in [0.1, 0.15) is 11.8 Å². The molecule has 0 radical (unpaired) electrons. The Bertz CT molecular complexity index is 1050. The number of phenols is 1. The minimum atomic E-state index is -0.507. The molecule has 4 nitrogen and oxygen atoms in total. The van der Waals surface area contributed by atoms with Gasteiger partial charge in [-0.15, -0.1) is 0 Å². The van der Waals surface area contributed by atoms with E-state index in [0.717, 1.165) is 35.2 Å². The summed E-state index contributed by atoms with van der Waals surface area (Å²) in [5.41, 5.74) is 4.23. The molecule has 1 atom stereocenters. The van der Waals surface area contributed by atoms with Crippen LogP contribution >= 0.6 is 11.6 Å². The van der Waals surface area contributed by atoms with Gasteiger partial charge in [-0.2, -0.15) is 0 Å². The van der Waals surface area contributed by atoms with Crippen molar-refractivity contribution in [2.24, 2.45) is 4.99 Å². The highest BCUT2D eigenvalue weighted by atomic mass is 35.5. The van der Waals surface area contributed by atoms with E-state index in [0.29, 0.717) is 17.2 Å². The van der Waals surface area contributed by atoms with Crippen LogP contribution in [0.1, 0.15) is 51.2 Å². The molecule has 1 N–H and O–H groups in total. The Morgan fingerprint density at radius 1 is 1.21 bits per heavy atom. The van der Waals surface area contributed by atoms with Gasteiger partial charge in [-0.1, -0.05) is 56.3 Å². The Balaban J connectivity index is 0.00000187. The molecule has 0 bridgehead atoms. The van der Waals surface area contributed by atoms with Gasteiger partial charge < -0.3 is 10.0 Å². The Labute approximate surface area is 202 Å². The number of anilines is 1. The molecule has 2 aromatic rings. The summed E-state index contributed by atoms with van der Waals surface area (Å²) in [6.07, 6.45) is 10.1. The van der Waals surface area contributed by atoms with E-state index in [-0.39, 0.29) is 11.7 Å². The van der Waals surface area contributed by atoms with E-state index >= 15 is 0 Å². The third kappa shape index (κ3) is 6.69. The van der Waals surface area contributed by atoms with Crippen molar-refractivity contribution in [1.29, 1.82) is 0 Å². The van der Waals surface area contributed by atoms with Crippen LogP contribution < -0.4 is 4.90 Å². The van der Waals surface area contributed by atoms with E-state index in [1.807, 2.05) is 57.2 Å². The highest BCUT2D eigenvalue weighted by molar-refractivity contribution is 6.32. The fourth-order valence-electron chi connectivity index (χ4n) is 3.62. The smallest absolute Gasteiger partial charge is 0.251 e. The Morgan fingerprint density at radius 3 is 2.55 bits per heavy atom. The van der Waals surface area contributed by atoms with Gasteiger partial charge in [0.05, 0.1) is 11.4 Å². The first kappa shape index (κ1) is 26.1. The molecule has 174 valence electrons. The van der Waals surface area contributed by atoms with Crippen molar-refractivity contribution in [2.75, 3.05) is 11.9 Å². The van der Waals surface area contributed by atoms with Crippen molar-refractivity contribution < 1.29 is 9.90 Å². The number of phenolic OH excluding ortho intramolecular Hbond substituents is 1. The van der Waals surface area contributed by atoms with Crippen LogP contribution in [-0.4, -0.2) is 29.8 Å². The van der Waals surface area contributed by atoms with Crippen LogP contribution in [0, 0.1) is 0 Å². The van der Waals surface area contributed by atoms with E-state index in [9.17, 15) is 9.90 Å². The molecule has 0 aliphatic carbocycles. The van der Waals surface area contributed by atoms with Crippen molar-refractivity contribution >= 4 is 28.9 Å². The average Bonchev–Trinajstić information content (AvgIpc) is 2.93. The SMILES string of the molecule is C=C/C(=C\C=C/C)CCCC1N=C(c2ccc(O)cc2)c2cc(Cl)ccc2N(C)C1=O.CC. The zero-order valence-electron chi connectivity index (χ0n) is 19.9. The first-order valence-corrected chi connectivity index (χ1v) is 11.7. The quantitative estimate of drug-likeness (QED) is 0.443. The van der Waals surface area contributed by atoms with Gasteiger partial charge in [-0.25, -0.2) is 0 Å². The molecule has 2 aromatic carbocycles. The molecule has 0 spiro atoms. The van der Waals surface area contributed by atoms with Gasteiger partial charge in [0.2, 0.25) is 0 Å². The number of aromatic hydroxyl groups is 1. The molecule has 1 unspecified atom stereocenters. The van der Waals surface area contributed by atoms with Crippen molar-refractivity contribution in [3.05, 3.63) is 95.1 Å². The topological polar surface area (TPSA) is 52.9 Å². The molecule has 3 rings (SSSR count). The summed E-state index contributed by atoms with van der Waals surface area (Å²) >= 11 is 6.28. The molecular weight excluding hydrogens is 432 g/mol. The molecule has 5 heteroatoms. The van der Waals surface area contributed by atoms with Gasteiger partial charge in [0.25, 0.3) is 5.91 Å². The van der Waals surface area contributed by atoms with Gasteiger partial charge in [-0.05, 0) is 74.2 Å². The number of nitrogens with zero attached hydrogens (tertiary/aromatic N) is 2. The number of fused-ring (bicyclic) bond motifs is 1. The van der Waals surface area contributed by atoms with Gasteiger partial charge >= 0.3 is 0 Å². The summed E-state index contributed by atoms with van der Waals surface area (Å²) in [6, 6.07) is 11.8. The van der Waals surface area contributed by atoms with E-state index in [4.69, 9.17) is 16.6 Å². The lowest BCUT2D eigenvalue weighted by molar-refractivity contribution is -0.119. The fraction of sp³-hybridized carbons (Fsp3) is 0.286. The van der Waals surface area contributed by atoms with Crippen molar-refractivity contribution in [3.63, 3.8) is 0 Å². The summed E-state index contributed by atoms with van der Waals surface area (Å²) < 4.78 is 0. The van der Waals surface area contributed by atoms with E-state index < -0.39 is 6.04 Å². The number of benzene rings is 2. The van der Waals surface area contributed by atoms with Crippen molar-refractivity contribution in [1.82, 2.24) is 0 Å². The van der Waals surface area contributed by atoms with Crippen LogP contribution in [0.15, 0.2) is 83.9 Å². The Hall–Kier alpha value is -3.11. The zero-order valence-corrected chi connectivity index (χ0v) is 20.6. The minimum absolute atomic E-state index is 0.0464. The third-order valence-corrected chi connectivity index (χ3v) is 5.56. The second-order valence-electron chi connectivity index (χ2n) is 7.46. The maximum Gasteiger partial charge on any atom is 0.251 e. The number of hydrogen-bond donors (Lipinski definition) is 1. The van der Waals surface area contributed by atoms with E-state index in [2.05, 4.69) is 6.58 Å². The molecule has 1 aliphatic rings. The lowest BCUT2D eigenvalue weighted by atomic mass is 10.00. The van der Waals surface area contributed by atoms with Gasteiger partial charge in [0.15, 0.2) is 0 Å². The third-order valence-electron chi connectivity index (χ3n) is 5.32. The lowest BCUT2D eigenvalue weighted by Gasteiger charge is -2.20. The Kier molecular flexibility index (Phi) is 10.1. The zero-order chi connectivity index (χ0) is 24.4. The van der Waals surface area contributed by atoms with E-state index in [1.165, 1.54) is 0 Å². The maximum absolute atomic E-state index is 13.2. The van der Waals surface area contributed by atoms with Crippen LogP contribution in [-0.2, 0) is 4.79 Å². The molecule has 1 aliphatic heterocycles. The number of carbonyl (C=O) groups excluding carboxylic acids is 1. The lowest BCUT2D eigenvalue weighted by Crippen LogP contribution is -2.34. The number of amides is 1. The van der Waals surface area contributed by atoms with Crippen LogP contribution in [0.3, 0.4) is 0 Å². The normalized spacial score (nSPS) is 16.0. The standard InChI is InChI=1S/C26H27ClN2O2.C2H6/c1-4-6-8-18(5-2)9-7-10-23-26(31)29(3)24-16-13-20(27)17-22(24)25(28-23)19-11-14-21(30)15-12-19;1-2/h4-6,8,11-17,23,30H,2,7,9-10H2,1,3H3;1-2H3/b6-4-,18-8+;. The minimum Gasteiger partial charge on any atom is -0.508 e. The van der Waals surface area contributed by atoms with Crippen LogP contribution in [0.25, 0.3) is 0 Å². The number of carbonyl (C=O) groups is 1. The molecule has 0 saturated carbocycles. The number of benzodiazepines with no additional fused rings is 1. The second kappa shape index (κ2) is 12.8. The van der Waals surface area contributed by atoms with Crippen molar-refractivity contribution in [3.8, 4) is 5.75 Å². The molecule has 33 heavy (non-hydrogen) atoms. The van der Waals surface area contributed by atoms with Gasteiger partial charge in [0, 0.05) is 23.2 Å². The van der Waals surface area contributed by atoms with Crippen LogP contribution in [0.4, 0.5) is 5.69 Å². The number of allylic oxidation sites excluding steroid dienone is 5. The van der Waals surface area contributed by atoms with E-state index in [1.54, 1.807) is 42.3 Å². The number of rotatable bonds is 7. The van der Waals surface area contributed by atoms with Crippen molar-refractivity contribution in [2.45, 2.75) is 46.1 Å². The first-order valence-electron chi connectivity index (χ1n) is 11.3. The summed E-state index contributed by atoms with van der Waals surface area (Å²) in [6.45, 7) is 9.85. The highest BCUT2D eigenvalue weighted by Gasteiger charge is 2.29. The molecule has 1 heterocycles. The predicted molar refractivity (Wildman–Crippen MR) is 141 cm³/mol. The second-order valence-corrected chi connectivity index (χ2v) is 7.90. The molecule has 0 saturated heterocycles. The first-order chi connectivity index (χ1) is 15.9. The summed E-state index contributed by atoms with van der Waals surface area (Å²) in [5, 5.41) is 10.3. The van der Waals surface area contributed by atoms with Crippen LogP contribution in [0.5, 0.6) is 5.75 Å². The summed E-state index contributed by atoms with van der Waals surface area (Å²) in [4.78, 5) is 19.8. The largest absolute Gasteiger partial charge is 0.508 e. The predicted octanol–water partition coefficient (Wildman–Crippen LogP) is 7.11. The molecule has 1 amide bonds. The fourth-order valence-corrected chi connectivity index (χ4v) is 3.80.